The molecule has 2 aromatic carbocycles. The van der Waals surface area contributed by atoms with Gasteiger partial charge >= 0.3 is 6.03 Å². The summed E-state index contributed by atoms with van der Waals surface area (Å²) in [5.41, 5.74) is 2.56. The molecule has 0 aliphatic rings. The number of nitrogens with one attached hydrogen (secondary N) is 2. The Morgan fingerprint density at radius 1 is 1.19 bits per heavy atom. The molecule has 0 bridgehead atoms. The lowest BCUT2D eigenvalue weighted by atomic mass is 10.2. The molecule has 0 spiro atoms. The van der Waals surface area contributed by atoms with Crippen LogP contribution in [0, 0.1) is 0 Å². The van der Waals surface area contributed by atoms with Crippen molar-refractivity contribution in [1.82, 2.24) is 15.1 Å². The largest absolute Gasteiger partial charge is 0.493 e. The SMILES string of the molecule is COc1c(Cl)cccc1NC(=O)NCCc1cnn(-c2ccccc2)c1. The molecule has 6 nitrogen and oxygen atoms in total. The van der Waals surface area contributed by atoms with E-state index >= 15 is 0 Å². The van der Waals surface area contributed by atoms with E-state index < -0.39 is 0 Å². The molecule has 2 N–H and O–H groups in total. The van der Waals surface area contributed by atoms with Crippen LogP contribution in [-0.4, -0.2) is 29.5 Å². The minimum absolute atomic E-state index is 0.319. The Bertz CT molecular complexity index is 880. The third-order valence-electron chi connectivity index (χ3n) is 3.78. The van der Waals surface area contributed by atoms with E-state index in [1.54, 1.807) is 24.4 Å². The zero-order valence-corrected chi connectivity index (χ0v) is 15.0. The number of methoxy groups -OCH3 is 1. The molecule has 0 saturated carbocycles. The molecule has 134 valence electrons. The Hall–Kier alpha value is -2.99. The van der Waals surface area contributed by atoms with Crippen molar-refractivity contribution >= 4 is 23.3 Å². The standard InChI is InChI=1S/C19H19ClN4O2/c1-26-18-16(20)8-5-9-17(18)23-19(25)21-11-10-14-12-22-24(13-14)15-6-3-2-4-7-15/h2-9,12-13H,10-11H2,1H3,(H2,21,23,25). The summed E-state index contributed by atoms with van der Waals surface area (Å²) >= 11 is 6.04. The van der Waals surface area contributed by atoms with Gasteiger partial charge in [0.25, 0.3) is 0 Å². The van der Waals surface area contributed by atoms with Crippen LogP contribution < -0.4 is 15.4 Å². The number of urea groups is 1. The van der Waals surface area contributed by atoms with Gasteiger partial charge < -0.3 is 15.4 Å². The van der Waals surface area contributed by atoms with Gasteiger partial charge in [-0.1, -0.05) is 35.9 Å². The third kappa shape index (κ3) is 4.34. The van der Waals surface area contributed by atoms with Gasteiger partial charge in [0.1, 0.15) is 0 Å². The van der Waals surface area contributed by atoms with Gasteiger partial charge in [-0.3, -0.25) is 0 Å². The van der Waals surface area contributed by atoms with Gasteiger partial charge in [-0.05, 0) is 36.2 Å². The number of amides is 2. The number of hydrogen-bond donors (Lipinski definition) is 2. The van der Waals surface area contributed by atoms with Crippen molar-refractivity contribution in [2.24, 2.45) is 0 Å². The summed E-state index contributed by atoms with van der Waals surface area (Å²) in [4.78, 5) is 12.1. The Kier molecular flexibility index (Phi) is 5.76. The number of benzene rings is 2. The van der Waals surface area contributed by atoms with Crippen molar-refractivity contribution in [2.75, 3.05) is 19.0 Å². The molecule has 0 aliphatic heterocycles. The second-order valence-electron chi connectivity index (χ2n) is 5.58. The van der Waals surface area contributed by atoms with E-state index in [4.69, 9.17) is 16.3 Å². The maximum absolute atomic E-state index is 12.1. The molecule has 0 fully saturated rings. The number of hydrogen-bond acceptors (Lipinski definition) is 3. The van der Waals surface area contributed by atoms with Gasteiger partial charge in [0.2, 0.25) is 0 Å². The summed E-state index contributed by atoms with van der Waals surface area (Å²) in [5, 5.41) is 10.3. The van der Waals surface area contributed by atoms with Crippen LogP contribution in [-0.2, 0) is 6.42 Å². The monoisotopic (exact) mass is 370 g/mol. The predicted molar refractivity (Wildman–Crippen MR) is 102 cm³/mol. The van der Waals surface area contributed by atoms with E-state index in [0.29, 0.717) is 29.4 Å². The molecular formula is C19H19ClN4O2. The Balaban J connectivity index is 1.52. The van der Waals surface area contributed by atoms with Crippen molar-refractivity contribution in [3.8, 4) is 11.4 Å². The van der Waals surface area contributed by atoms with Gasteiger partial charge in [-0.25, -0.2) is 9.48 Å². The van der Waals surface area contributed by atoms with Crippen LogP contribution in [0.15, 0.2) is 60.9 Å². The lowest BCUT2D eigenvalue weighted by Gasteiger charge is -2.12. The first kappa shape index (κ1) is 17.8. The van der Waals surface area contributed by atoms with E-state index in [9.17, 15) is 4.79 Å². The maximum Gasteiger partial charge on any atom is 0.319 e. The van der Waals surface area contributed by atoms with Crippen LogP contribution in [0.2, 0.25) is 5.02 Å². The maximum atomic E-state index is 12.1. The van der Waals surface area contributed by atoms with Crippen LogP contribution in [0.25, 0.3) is 5.69 Å². The number of para-hydroxylation sites is 2. The van der Waals surface area contributed by atoms with Gasteiger partial charge in [0.05, 0.1) is 29.7 Å². The zero-order chi connectivity index (χ0) is 18.4. The van der Waals surface area contributed by atoms with Crippen LogP contribution >= 0.6 is 11.6 Å². The molecule has 2 amide bonds. The fraction of sp³-hybridized carbons (Fsp3) is 0.158. The molecule has 3 aromatic rings. The Morgan fingerprint density at radius 2 is 2.00 bits per heavy atom. The van der Waals surface area contributed by atoms with Crippen molar-refractivity contribution in [2.45, 2.75) is 6.42 Å². The summed E-state index contributed by atoms with van der Waals surface area (Å²) < 4.78 is 7.02. The molecule has 0 atom stereocenters. The average molecular weight is 371 g/mol. The van der Waals surface area contributed by atoms with Crippen LogP contribution in [0.5, 0.6) is 5.75 Å². The number of aromatic nitrogens is 2. The van der Waals surface area contributed by atoms with Gasteiger partial charge in [0.15, 0.2) is 5.75 Å². The van der Waals surface area contributed by atoms with Crippen molar-refractivity contribution in [3.05, 3.63) is 71.5 Å². The molecule has 1 heterocycles. The molecule has 0 radical (unpaired) electrons. The number of carbonyl (C=O) groups excluding carboxylic acids is 1. The number of rotatable bonds is 6. The summed E-state index contributed by atoms with van der Waals surface area (Å²) in [5.74, 6) is 0.438. The van der Waals surface area contributed by atoms with E-state index in [2.05, 4.69) is 15.7 Å². The fourth-order valence-corrected chi connectivity index (χ4v) is 2.76. The first-order valence-corrected chi connectivity index (χ1v) is 8.51. The quantitative estimate of drug-likeness (QED) is 0.691. The molecule has 26 heavy (non-hydrogen) atoms. The normalized spacial score (nSPS) is 10.4. The number of halogens is 1. The smallest absolute Gasteiger partial charge is 0.319 e. The van der Waals surface area contributed by atoms with Crippen LogP contribution in [0.4, 0.5) is 10.5 Å². The van der Waals surface area contributed by atoms with E-state index in [0.717, 1.165) is 11.3 Å². The first-order valence-electron chi connectivity index (χ1n) is 8.13. The Morgan fingerprint density at radius 3 is 2.77 bits per heavy atom. The van der Waals surface area contributed by atoms with Gasteiger partial charge in [-0.2, -0.15) is 5.10 Å². The zero-order valence-electron chi connectivity index (χ0n) is 14.3. The molecule has 7 heteroatoms. The molecule has 0 unspecified atom stereocenters. The Labute approximate surface area is 156 Å². The highest BCUT2D eigenvalue weighted by Crippen LogP contribution is 2.32. The van der Waals surface area contributed by atoms with E-state index in [1.807, 2.05) is 41.2 Å². The second kappa shape index (κ2) is 8.40. The molecule has 3 rings (SSSR count). The lowest BCUT2D eigenvalue weighted by Crippen LogP contribution is -2.30. The average Bonchev–Trinajstić information content (AvgIpc) is 3.12. The molecule has 0 saturated heterocycles. The summed E-state index contributed by atoms with van der Waals surface area (Å²) in [6.07, 6.45) is 4.43. The van der Waals surface area contributed by atoms with E-state index in [1.165, 1.54) is 7.11 Å². The highest BCUT2D eigenvalue weighted by molar-refractivity contribution is 6.32. The minimum atomic E-state index is -0.319. The van der Waals surface area contributed by atoms with Crippen molar-refractivity contribution in [3.63, 3.8) is 0 Å². The second-order valence-corrected chi connectivity index (χ2v) is 5.99. The van der Waals surface area contributed by atoms with Crippen molar-refractivity contribution < 1.29 is 9.53 Å². The number of carbonyl (C=O) groups is 1. The van der Waals surface area contributed by atoms with Crippen LogP contribution in [0.1, 0.15) is 5.56 Å². The summed E-state index contributed by atoms with van der Waals surface area (Å²) in [6, 6.07) is 14.7. The molecule has 1 aromatic heterocycles. The third-order valence-corrected chi connectivity index (χ3v) is 4.07. The topological polar surface area (TPSA) is 68.2 Å². The first-order chi connectivity index (χ1) is 12.7. The number of nitrogens with zero attached hydrogens (tertiary/aromatic N) is 2. The van der Waals surface area contributed by atoms with Crippen molar-refractivity contribution in [1.29, 1.82) is 0 Å². The fourth-order valence-electron chi connectivity index (χ4n) is 2.51. The summed E-state index contributed by atoms with van der Waals surface area (Å²) in [6.45, 7) is 0.481. The highest BCUT2D eigenvalue weighted by atomic mass is 35.5. The van der Waals surface area contributed by atoms with Gasteiger partial charge in [0, 0.05) is 12.7 Å². The van der Waals surface area contributed by atoms with Crippen LogP contribution in [0.3, 0.4) is 0 Å². The summed E-state index contributed by atoms with van der Waals surface area (Å²) in [7, 11) is 1.51. The lowest BCUT2D eigenvalue weighted by molar-refractivity contribution is 0.252. The molecule has 0 aliphatic carbocycles. The van der Waals surface area contributed by atoms with E-state index in [-0.39, 0.29) is 6.03 Å². The number of anilines is 1. The minimum Gasteiger partial charge on any atom is -0.493 e. The van der Waals surface area contributed by atoms with Gasteiger partial charge in [-0.15, -0.1) is 0 Å². The molecular weight excluding hydrogens is 352 g/mol. The highest BCUT2D eigenvalue weighted by Gasteiger charge is 2.10. The predicted octanol–water partition coefficient (Wildman–Crippen LogP) is 3.90. The number of ether oxygens (including phenoxy) is 1.